The molecule has 0 atom stereocenters. The zero-order valence-corrected chi connectivity index (χ0v) is 13.6. The van der Waals surface area contributed by atoms with Crippen molar-refractivity contribution >= 4 is 10.8 Å². The van der Waals surface area contributed by atoms with Gasteiger partial charge >= 0.3 is 0 Å². The molecule has 2 rings (SSSR count). The third-order valence-electron chi connectivity index (χ3n) is 4.23. The fourth-order valence-electron chi connectivity index (χ4n) is 2.98. The van der Waals surface area contributed by atoms with E-state index in [9.17, 15) is 0 Å². The Labute approximate surface area is 129 Å². The lowest BCUT2D eigenvalue weighted by Gasteiger charge is -2.10. The van der Waals surface area contributed by atoms with Crippen LogP contribution >= 0.6 is 0 Å². The number of benzene rings is 2. The SMILES string of the molecule is CCCNCCCCCCc1c(C)ccc2ccccc12. The van der Waals surface area contributed by atoms with E-state index in [0.29, 0.717) is 0 Å². The summed E-state index contributed by atoms with van der Waals surface area (Å²) in [5.41, 5.74) is 3.00. The first-order valence-corrected chi connectivity index (χ1v) is 8.51. The Morgan fingerprint density at radius 2 is 1.67 bits per heavy atom. The van der Waals surface area contributed by atoms with Gasteiger partial charge in [0.25, 0.3) is 0 Å². The highest BCUT2D eigenvalue weighted by Gasteiger charge is 2.04. The van der Waals surface area contributed by atoms with Gasteiger partial charge < -0.3 is 5.32 Å². The average molecular weight is 283 g/mol. The molecule has 0 spiro atoms. The molecule has 0 saturated carbocycles. The number of unbranched alkanes of at least 4 members (excludes halogenated alkanes) is 3. The van der Waals surface area contributed by atoms with E-state index >= 15 is 0 Å². The molecule has 0 radical (unpaired) electrons. The molecule has 1 heteroatoms. The quantitative estimate of drug-likeness (QED) is 0.620. The van der Waals surface area contributed by atoms with Crippen LogP contribution in [0.15, 0.2) is 36.4 Å². The molecule has 0 aromatic heterocycles. The second-order valence-corrected chi connectivity index (χ2v) is 6.00. The molecule has 2 aromatic carbocycles. The van der Waals surface area contributed by atoms with Crippen LogP contribution in [-0.2, 0) is 6.42 Å². The van der Waals surface area contributed by atoms with Crippen molar-refractivity contribution in [2.75, 3.05) is 13.1 Å². The van der Waals surface area contributed by atoms with Gasteiger partial charge in [0.1, 0.15) is 0 Å². The molecule has 0 aliphatic carbocycles. The second-order valence-electron chi connectivity index (χ2n) is 6.00. The van der Waals surface area contributed by atoms with Crippen LogP contribution in [0.5, 0.6) is 0 Å². The maximum Gasteiger partial charge on any atom is -0.00489 e. The van der Waals surface area contributed by atoms with Gasteiger partial charge in [-0.15, -0.1) is 0 Å². The normalized spacial score (nSPS) is 11.1. The molecule has 0 fully saturated rings. The van der Waals surface area contributed by atoms with Gasteiger partial charge in [0, 0.05) is 0 Å². The van der Waals surface area contributed by atoms with Crippen molar-refractivity contribution in [2.24, 2.45) is 0 Å². The van der Waals surface area contributed by atoms with Crippen molar-refractivity contribution in [3.05, 3.63) is 47.5 Å². The summed E-state index contributed by atoms with van der Waals surface area (Å²) in [5, 5.41) is 6.30. The first kappa shape index (κ1) is 16.0. The number of hydrogen-bond acceptors (Lipinski definition) is 1. The van der Waals surface area contributed by atoms with Crippen LogP contribution < -0.4 is 5.32 Å². The van der Waals surface area contributed by atoms with Gasteiger partial charge in [-0.2, -0.15) is 0 Å². The molecule has 0 aliphatic heterocycles. The van der Waals surface area contributed by atoms with Crippen LogP contribution in [0.3, 0.4) is 0 Å². The molecule has 21 heavy (non-hydrogen) atoms. The summed E-state index contributed by atoms with van der Waals surface area (Å²) in [4.78, 5) is 0. The van der Waals surface area contributed by atoms with Crippen LogP contribution in [0.1, 0.15) is 50.2 Å². The van der Waals surface area contributed by atoms with Gasteiger partial charge in [0.15, 0.2) is 0 Å². The summed E-state index contributed by atoms with van der Waals surface area (Å²) < 4.78 is 0. The van der Waals surface area contributed by atoms with E-state index in [-0.39, 0.29) is 0 Å². The molecule has 0 unspecified atom stereocenters. The first-order valence-electron chi connectivity index (χ1n) is 8.51. The third kappa shape index (κ3) is 4.86. The first-order chi connectivity index (χ1) is 10.3. The van der Waals surface area contributed by atoms with Gasteiger partial charge in [0.2, 0.25) is 0 Å². The molecule has 0 aliphatic rings. The van der Waals surface area contributed by atoms with E-state index in [4.69, 9.17) is 0 Å². The number of fused-ring (bicyclic) bond motifs is 1. The zero-order chi connectivity index (χ0) is 14.9. The Morgan fingerprint density at radius 3 is 2.52 bits per heavy atom. The number of nitrogens with one attached hydrogen (secondary N) is 1. The molecule has 0 heterocycles. The maximum atomic E-state index is 3.48. The lowest BCUT2D eigenvalue weighted by molar-refractivity contribution is 0.585. The fourth-order valence-corrected chi connectivity index (χ4v) is 2.98. The van der Waals surface area contributed by atoms with Crippen LogP contribution in [0.2, 0.25) is 0 Å². The lowest BCUT2D eigenvalue weighted by Crippen LogP contribution is -2.15. The Hall–Kier alpha value is -1.34. The highest BCUT2D eigenvalue weighted by atomic mass is 14.8. The topological polar surface area (TPSA) is 12.0 Å². The average Bonchev–Trinajstić information content (AvgIpc) is 2.51. The highest BCUT2D eigenvalue weighted by molar-refractivity contribution is 5.86. The predicted octanol–water partition coefficient (Wildman–Crippen LogP) is 5.25. The minimum Gasteiger partial charge on any atom is -0.317 e. The van der Waals surface area contributed by atoms with Crippen molar-refractivity contribution in [3.8, 4) is 0 Å². The highest BCUT2D eigenvalue weighted by Crippen LogP contribution is 2.24. The maximum absolute atomic E-state index is 3.48. The number of aryl methyl sites for hydroxylation is 2. The molecule has 114 valence electrons. The molecule has 0 saturated heterocycles. The van der Waals surface area contributed by atoms with Gasteiger partial charge in [-0.25, -0.2) is 0 Å². The third-order valence-corrected chi connectivity index (χ3v) is 4.23. The van der Waals surface area contributed by atoms with E-state index in [1.807, 2.05) is 0 Å². The minimum absolute atomic E-state index is 1.16. The Balaban J connectivity index is 1.79. The summed E-state index contributed by atoms with van der Waals surface area (Å²) >= 11 is 0. The molecule has 0 amide bonds. The van der Waals surface area contributed by atoms with Crippen LogP contribution in [0.4, 0.5) is 0 Å². The zero-order valence-electron chi connectivity index (χ0n) is 13.6. The minimum atomic E-state index is 1.16. The van der Waals surface area contributed by atoms with Crippen molar-refractivity contribution in [1.29, 1.82) is 0 Å². The summed E-state index contributed by atoms with van der Waals surface area (Å²) in [6.07, 6.45) is 7.77. The molecular formula is C20H29N. The standard InChI is InChI=1S/C20H29N/c1-3-15-21-16-9-5-4-6-11-19-17(2)13-14-18-10-7-8-12-20(18)19/h7-8,10,12-14,21H,3-6,9,11,15-16H2,1-2H3. The van der Waals surface area contributed by atoms with Crippen molar-refractivity contribution in [1.82, 2.24) is 5.32 Å². The summed E-state index contributed by atoms with van der Waals surface area (Å²) in [5.74, 6) is 0. The summed E-state index contributed by atoms with van der Waals surface area (Å²) in [7, 11) is 0. The summed E-state index contributed by atoms with van der Waals surface area (Å²) in [6, 6.07) is 13.3. The van der Waals surface area contributed by atoms with Crippen molar-refractivity contribution < 1.29 is 0 Å². The van der Waals surface area contributed by atoms with Crippen molar-refractivity contribution in [2.45, 2.75) is 52.4 Å². The number of hydrogen-bond donors (Lipinski definition) is 1. The molecule has 2 aromatic rings. The Bertz CT molecular complexity index is 545. The predicted molar refractivity (Wildman–Crippen MR) is 94.0 cm³/mol. The van der Waals surface area contributed by atoms with Gasteiger partial charge in [-0.05, 0) is 67.6 Å². The lowest BCUT2D eigenvalue weighted by atomic mass is 9.95. The largest absolute Gasteiger partial charge is 0.317 e. The van der Waals surface area contributed by atoms with Gasteiger partial charge in [-0.1, -0.05) is 56.2 Å². The summed E-state index contributed by atoms with van der Waals surface area (Å²) in [6.45, 7) is 6.81. The molecule has 1 nitrogen and oxygen atoms in total. The van der Waals surface area contributed by atoms with E-state index in [1.54, 1.807) is 5.56 Å². The van der Waals surface area contributed by atoms with E-state index in [0.717, 1.165) is 6.54 Å². The van der Waals surface area contributed by atoms with Gasteiger partial charge in [-0.3, -0.25) is 0 Å². The van der Waals surface area contributed by atoms with E-state index in [1.165, 1.54) is 61.4 Å². The van der Waals surface area contributed by atoms with Gasteiger partial charge in [0.05, 0.1) is 0 Å². The fraction of sp³-hybridized carbons (Fsp3) is 0.500. The number of rotatable bonds is 9. The Morgan fingerprint density at radius 1 is 0.857 bits per heavy atom. The molecule has 1 N–H and O–H groups in total. The van der Waals surface area contributed by atoms with Crippen LogP contribution in [0, 0.1) is 6.92 Å². The second kappa shape index (κ2) is 8.84. The molecular weight excluding hydrogens is 254 g/mol. The van der Waals surface area contributed by atoms with E-state index < -0.39 is 0 Å². The van der Waals surface area contributed by atoms with E-state index in [2.05, 4.69) is 55.6 Å². The van der Waals surface area contributed by atoms with Crippen LogP contribution in [0.25, 0.3) is 10.8 Å². The van der Waals surface area contributed by atoms with Crippen molar-refractivity contribution in [3.63, 3.8) is 0 Å². The molecule has 0 bridgehead atoms. The Kier molecular flexibility index (Phi) is 6.75. The monoisotopic (exact) mass is 283 g/mol. The van der Waals surface area contributed by atoms with Crippen LogP contribution in [-0.4, -0.2) is 13.1 Å². The smallest absolute Gasteiger partial charge is 0.00489 e.